The van der Waals surface area contributed by atoms with Crippen LogP contribution in [0.1, 0.15) is 6.92 Å². The predicted molar refractivity (Wildman–Crippen MR) is 19.3 cm³/mol. The zero-order chi connectivity index (χ0) is 5.44. The molecule has 1 fully saturated rings. The average Bonchev–Trinajstić information content (AvgIpc) is 2.17. The zero-order valence-electron chi connectivity index (χ0n) is 4.88. The molecule has 1 saturated heterocycles. The van der Waals surface area contributed by atoms with Crippen LogP contribution < -0.4 is 56.5 Å². The summed E-state index contributed by atoms with van der Waals surface area (Å²) >= 11 is 0. The first-order valence-electron chi connectivity index (χ1n) is 2.08. The summed E-state index contributed by atoms with van der Waals surface area (Å²) < 4.78 is 4.52. The topological polar surface area (TPSA) is 52.7 Å². The van der Waals surface area contributed by atoms with Gasteiger partial charge in [0.2, 0.25) is 0 Å². The van der Waals surface area contributed by atoms with Gasteiger partial charge in [0.1, 0.15) is 6.10 Å². The van der Waals surface area contributed by atoms with E-state index in [9.17, 15) is 9.90 Å². The van der Waals surface area contributed by atoms with Crippen molar-refractivity contribution in [1.29, 1.82) is 0 Å². The molecule has 0 N–H and O–H groups in total. The number of carboxylic acid groups (broad SMARTS) is 1. The van der Waals surface area contributed by atoms with E-state index in [1.807, 2.05) is 0 Å². The molecule has 0 radical (unpaired) electrons. The quantitative estimate of drug-likeness (QED) is 0.272. The fraction of sp³-hybridized carbons (Fsp3) is 0.750. The number of epoxide rings is 1. The Labute approximate surface area is 89.8 Å². The van der Waals surface area contributed by atoms with Gasteiger partial charge in [-0.25, -0.2) is 0 Å². The van der Waals surface area contributed by atoms with E-state index in [4.69, 9.17) is 0 Å². The predicted octanol–water partition coefficient (Wildman–Crippen LogP) is -4.47. The Morgan fingerprint density at radius 2 is 2.12 bits per heavy atom. The molecule has 8 heavy (non-hydrogen) atoms. The van der Waals surface area contributed by atoms with Crippen molar-refractivity contribution in [3.8, 4) is 0 Å². The maximum atomic E-state index is 9.74. The van der Waals surface area contributed by atoms with Crippen LogP contribution in [-0.2, 0) is 9.53 Å². The second-order valence-corrected chi connectivity index (χ2v) is 1.58. The van der Waals surface area contributed by atoms with Gasteiger partial charge >= 0.3 is 51.4 Å². The van der Waals surface area contributed by atoms with Crippen molar-refractivity contribution in [2.45, 2.75) is 19.1 Å². The third-order valence-electron chi connectivity index (χ3n) is 0.943. The van der Waals surface area contributed by atoms with Gasteiger partial charge in [-0.15, -0.1) is 0 Å². The summed E-state index contributed by atoms with van der Waals surface area (Å²) in [4.78, 5) is 9.74. The fourth-order valence-corrected chi connectivity index (χ4v) is 0.433. The van der Waals surface area contributed by atoms with E-state index in [1.165, 1.54) is 0 Å². The van der Waals surface area contributed by atoms with E-state index in [-0.39, 0.29) is 57.5 Å². The molecule has 1 rings (SSSR count). The van der Waals surface area contributed by atoms with Gasteiger partial charge in [0, 0.05) is 0 Å². The summed E-state index contributed by atoms with van der Waals surface area (Å²) in [6, 6.07) is 0. The van der Waals surface area contributed by atoms with Gasteiger partial charge in [-0.1, -0.05) is 0 Å². The Bertz CT molecular complexity index is 103. The van der Waals surface area contributed by atoms with Gasteiger partial charge < -0.3 is 14.6 Å². The number of aliphatic carboxylic acids is 1. The van der Waals surface area contributed by atoms with Gasteiger partial charge in [-0.3, -0.25) is 0 Å². The van der Waals surface area contributed by atoms with E-state index in [2.05, 4.69) is 4.74 Å². The minimum Gasteiger partial charge on any atom is -0.547 e. The van der Waals surface area contributed by atoms with Crippen molar-refractivity contribution in [2.24, 2.45) is 0 Å². The second kappa shape index (κ2) is 3.29. The standard InChI is InChI=1S/C4H6O3.K/c1-2-3(7-2)4(5)6;/h2-3H,1H3,(H,5,6);/q;+1/p-1/t2-,3-;/m1./s1. The Kier molecular flexibility index (Phi) is 3.73. The minimum atomic E-state index is -1.10. The Morgan fingerprint density at radius 3 is 2.12 bits per heavy atom. The molecule has 0 saturated carbocycles. The first-order chi connectivity index (χ1) is 3.22. The molecule has 0 aromatic rings. The number of ether oxygens (including phenoxy) is 1. The number of hydrogen-bond acceptors (Lipinski definition) is 3. The molecule has 0 aromatic heterocycles. The van der Waals surface area contributed by atoms with Crippen molar-refractivity contribution in [3.05, 3.63) is 0 Å². The van der Waals surface area contributed by atoms with Gasteiger partial charge in [-0.05, 0) is 6.92 Å². The van der Waals surface area contributed by atoms with E-state index in [1.54, 1.807) is 6.92 Å². The van der Waals surface area contributed by atoms with Crippen molar-refractivity contribution in [1.82, 2.24) is 0 Å². The smallest absolute Gasteiger partial charge is 0.547 e. The van der Waals surface area contributed by atoms with Gasteiger partial charge in [0.25, 0.3) is 0 Å². The molecule has 1 aliphatic rings. The third kappa shape index (κ3) is 2.12. The molecule has 1 aliphatic heterocycles. The Morgan fingerprint density at radius 1 is 1.75 bits per heavy atom. The molecular weight excluding hydrogens is 135 g/mol. The van der Waals surface area contributed by atoms with Crippen molar-refractivity contribution in [3.63, 3.8) is 0 Å². The number of carbonyl (C=O) groups is 1. The number of rotatable bonds is 1. The van der Waals surface area contributed by atoms with E-state index < -0.39 is 12.1 Å². The van der Waals surface area contributed by atoms with Crippen molar-refractivity contribution >= 4 is 5.97 Å². The number of carbonyl (C=O) groups excluding carboxylic acids is 1. The van der Waals surface area contributed by atoms with Crippen LogP contribution in [-0.4, -0.2) is 18.2 Å². The molecule has 0 aromatic carbocycles. The Balaban J connectivity index is 0.000000490. The number of hydrogen-bond donors (Lipinski definition) is 0. The SMILES string of the molecule is C[C@H]1O[C@H]1C(=O)[O-].[K+]. The first-order valence-corrected chi connectivity index (χ1v) is 2.08. The molecule has 2 atom stereocenters. The minimum absolute atomic E-state index is 0. The van der Waals surface area contributed by atoms with Gasteiger partial charge in [-0.2, -0.15) is 0 Å². The zero-order valence-corrected chi connectivity index (χ0v) is 8.00. The summed E-state index contributed by atoms with van der Waals surface area (Å²) in [5.74, 6) is -1.10. The second-order valence-electron chi connectivity index (χ2n) is 1.58. The van der Waals surface area contributed by atoms with E-state index >= 15 is 0 Å². The molecule has 0 spiro atoms. The monoisotopic (exact) mass is 140 g/mol. The fourth-order valence-electron chi connectivity index (χ4n) is 0.433. The average molecular weight is 140 g/mol. The molecular formula is C4H5KO3. The van der Waals surface area contributed by atoms with Crippen molar-refractivity contribution in [2.75, 3.05) is 0 Å². The van der Waals surface area contributed by atoms with Crippen LogP contribution in [0.25, 0.3) is 0 Å². The summed E-state index contributed by atoms with van der Waals surface area (Å²) in [7, 11) is 0. The van der Waals surface area contributed by atoms with Crippen LogP contribution in [0.4, 0.5) is 0 Å². The summed E-state index contributed by atoms with van der Waals surface area (Å²) in [6.45, 7) is 1.69. The van der Waals surface area contributed by atoms with E-state index in [0.29, 0.717) is 0 Å². The number of carboxylic acids is 1. The van der Waals surface area contributed by atoms with Gasteiger partial charge in [0.05, 0.1) is 12.1 Å². The molecule has 0 aliphatic carbocycles. The van der Waals surface area contributed by atoms with Crippen LogP contribution in [0.15, 0.2) is 0 Å². The molecule has 40 valence electrons. The molecule has 0 bridgehead atoms. The third-order valence-corrected chi connectivity index (χ3v) is 0.943. The Hall–Kier alpha value is 1.07. The van der Waals surface area contributed by atoms with Crippen molar-refractivity contribution < 1.29 is 66.0 Å². The normalized spacial score (nSPS) is 33.1. The maximum absolute atomic E-state index is 9.74. The molecule has 0 amide bonds. The summed E-state index contributed by atoms with van der Waals surface area (Å²) in [5.41, 5.74) is 0. The maximum Gasteiger partial charge on any atom is 1.00 e. The first kappa shape index (κ1) is 9.07. The van der Waals surface area contributed by atoms with E-state index in [0.717, 1.165) is 0 Å². The van der Waals surface area contributed by atoms with Crippen LogP contribution >= 0.6 is 0 Å². The molecule has 0 unspecified atom stereocenters. The van der Waals surface area contributed by atoms with Crippen LogP contribution in [0, 0.1) is 0 Å². The molecule has 1 heterocycles. The molecule has 3 nitrogen and oxygen atoms in total. The summed E-state index contributed by atoms with van der Waals surface area (Å²) in [5, 5.41) is 9.74. The van der Waals surface area contributed by atoms with Crippen LogP contribution in [0.3, 0.4) is 0 Å². The van der Waals surface area contributed by atoms with Gasteiger partial charge in [0.15, 0.2) is 0 Å². The largest absolute Gasteiger partial charge is 1.00 e. The molecule has 4 heteroatoms. The van der Waals surface area contributed by atoms with Crippen LogP contribution in [0.5, 0.6) is 0 Å². The van der Waals surface area contributed by atoms with Crippen LogP contribution in [0.2, 0.25) is 0 Å². The summed E-state index contributed by atoms with van der Waals surface area (Å²) in [6.07, 6.45) is -0.745.